The number of anilines is 1. The molecular weight excluding hydrogens is 202 g/mol. The maximum Gasteiger partial charge on any atom is 0.123 e. The number of pyridine rings is 1. The Kier molecular flexibility index (Phi) is 3.74. The quantitative estimate of drug-likeness (QED) is 0.792. The molecule has 88 valence electrons. The van der Waals surface area contributed by atoms with Crippen molar-refractivity contribution in [3.63, 3.8) is 0 Å². The smallest absolute Gasteiger partial charge is 0.123 e. The fourth-order valence-corrected chi connectivity index (χ4v) is 2.29. The van der Waals surface area contributed by atoms with Crippen molar-refractivity contribution in [3.05, 3.63) is 23.9 Å². The molecule has 0 amide bonds. The van der Waals surface area contributed by atoms with E-state index in [0.717, 1.165) is 31.7 Å². The monoisotopic (exact) mass is 221 g/mol. The number of aliphatic hydroxyl groups is 1. The van der Waals surface area contributed by atoms with E-state index >= 15 is 0 Å². The van der Waals surface area contributed by atoms with Crippen molar-refractivity contribution in [2.24, 2.45) is 5.92 Å². The molecule has 1 aromatic rings. The van der Waals surface area contributed by atoms with Gasteiger partial charge in [0.1, 0.15) is 5.82 Å². The van der Waals surface area contributed by atoms with Gasteiger partial charge in [-0.2, -0.15) is 0 Å². The summed E-state index contributed by atoms with van der Waals surface area (Å²) in [7, 11) is 0. The normalized spacial score (nSPS) is 21.4. The van der Waals surface area contributed by atoms with Crippen LogP contribution in [0, 0.1) is 5.92 Å². The Balaban J connectivity index is 1.87. The summed E-state index contributed by atoms with van der Waals surface area (Å²) in [5, 5.41) is 8.89. The van der Waals surface area contributed by atoms with Crippen LogP contribution in [0.2, 0.25) is 0 Å². The van der Waals surface area contributed by atoms with E-state index in [4.69, 9.17) is 10.8 Å². The molecule has 2 heterocycles. The average molecular weight is 221 g/mol. The second-order valence-corrected chi connectivity index (χ2v) is 4.46. The van der Waals surface area contributed by atoms with Gasteiger partial charge in [0.15, 0.2) is 0 Å². The van der Waals surface area contributed by atoms with E-state index in [0.29, 0.717) is 18.3 Å². The fourth-order valence-electron chi connectivity index (χ4n) is 2.29. The number of nitrogens with zero attached hydrogens (tertiary/aromatic N) is 2. The molecular formula is C12H19N3O. The fraction of sp³-hybridized carbons (Fsp3) is 0.583. The predicted molar refractivity (Wildman–Crippen MR) is 63.7 cm³/mol. The summed E-state index contributed by atoms with van der Waals surface area (Å²) in [4.78, 5) is 6.67. The maximum atomic E-state index is 8.89. The van der Waals surface area contributed by atoms with E-state index in [1.807, 2.05) is 18.2 Å². The molecule has 0 aromatic carbocycles. The van der Waals surface area contributed by atoms with Gasteiger partial charge in [-0.05, 0) is 37.4 Å². The van der Waals surface area contributed by atoms with E-state index in [9.17, 15) is 0 Å². The van der Waals surface area contributed by atoms with Crippen LogP contribution >= 0.6 is 0 Å². The van der Waals surface area contributed by atoms with Crippen molar-refractivity contribution < 1.29 is 5.11 Å². The Hall–Kier alpha value is -1.13. The van der Waals surface area contributed by atoms with E-state index in [-0.39, 0.29) is 0 Å². The molecule has 1 aliphatic heterocycles. The van der Waals surface area contributed by atoms with Gasteiger partial charge in [0.05, 0.1) is 5.69 Å². The highest BCUT2D eigenvalue weighted by atomic mass is 16.3. The highest BCUT2D eigenvalue weighted by Crippen LogP contribution is 2.20. The minimum Gasteiger partial charge on any atom is -0.396 e. The maximum absolute atomic E-state index is 8.89. The molecule has 1 unspecified atom stereocenters. The molecule has 2 rings (SSSR count). The summed E-state index contributed by atoms with van der Waals surface area (Å²) >= 11 is 0. The molecule has 0 bridgehead atoms. The van der Waals surface area contributed by atoms with Crippen molar-refractivity contribution in [1.82, 2.24) is 9.88 Å². The van der Waals surface area contributed by atoms with E-state index in [2.05, 4.69) is 9.88 Å². The van der Waals surface area contributed by atoms with Gasteiger partial charge in [-0.3, -0.25) is 4.90 Å². The number of aliphatic hydroxyl groups excluding tert-OH is 1. The van der Waals surface area contributed by atoms with Crippen molar-refractivity contribution in [2.45, 2.75) is 19.4 Å². The molecule has 1 fully saturated rings. The number of likely N-dealkylation sites (tertiary alicyclic amines) is 1. The van der Waals surface area contributed by atoms with E-state index in [1.54, 1.807) is 0 Å². The largest absolute Gasteiger partial charge is 0.396 e. The lowest BCUT2D eigenvalue weighted by Gasteiger charge is -2.15. The third kappa shape index (κ3) is 2.93. The number of rotatable bonds is 4. The first-order valence-electron chi connectivity index (χ1n) is 5.82. The first-order valence-corrected chi connectivity index (χ1v) is 5.82. The summed E-state index contributed by atoms with van der Waals surface area (Å²) in [6, 6.07) is 5.76. The van der Waals surface area contributed by atoms with Crippen molar-refractivity contribution in [3.8, 4) is 0 Å². The summed E-state index contributed by atoms with van der Waals surface area (Å²) in [5.74, 6) is 1.23. The molecule has 4 heteroatoms. The topological polar surface area (TPSA) is 62.4 Å². The summed E-state index contributed by atoms with van der Waals surface area (Å²) < 4.78 is 0. The minimum atomic E-state index is 0.301. The minimum absolute atomic E-state index is 0.301. The summed E-state index contributed by atoms with van der Waals surface area (Å²) in [6.07, 6.45) is 2.10. The van der Waals surface area contributed by atoms with Crippen LogP contribution in [0.1, 0.15) is 18.5 Å². The van der Waals surface area contributed by atoms with Crippen LogP contribution in [0.3, 0.4) is 0 Å². The number of nitrogens with two attached hydrogens (primary N) is 1. The summed E-state index contributed by atoms with van der Waals surface area (Å²) in [5.41, 5.74) is 6.68. The molecule has 1 aliphatic rings. The Labute approximate surface area is 96.1 Å². The Morgan fingerprint density at radius 3 is 3.12 bits per heavy atom. The third-order valence-corrected chi connectivity index (χ3v) is 3.12. The van der Waals surface area contributed by atoms with Gasteiger partial charge < -0.3 is 10.8 Å². The molecule has 16 heavy (non-hydrogen) atoms. The first kappa shape index (κ1) is 11.4. The van der Waals surface area contributed by atoms with Crippen molar-refractivity contribution in [1.29, 1.82) is 0 Å². The lowest BCUT2D eigenvalue weighted by atomic mass is 10.1. The van der Waals surface area contributed by atoms with Gasteiger partial charge in [0.2, 0.25) is 0 Å². The highest BCUT2D eigenvalue weighted by Gasteiger charge is 2.21. The van der Waals surface area contributed by atoms with Crippen LogP contribution in [0.25, 0.3) is 0 Å². The van der Waals surface area contributed by atoms with E-state index < -0.39 is 0 Å². The van der Waals surface area contributed by atoms with Gasteiger partial charge >= 0.3 is 0 Å². The lowest BCUT2D eigenvalue weighted by Crippen LogP contribution is -2.21. The molecule has 1 atom stereocenters. The second kappa shape index (κ2) is 5.27. The van der Waals surface area contributed by atoms with Gasteiger partial charge in [0, 0.05) is 19.7 Å². The molecule has 1 saturated heterocycles. The Morgan fingerprint density at radius 2 is 2.38 bits per heavy atom. The van der Waals surface area contributed by atoms with Gasteiger partial charge in [-0.1, -0.05) is 6.07 Å². The Morgan fingerprint density at radius 1 is 1.50 bits per heavy atom. The van der Waals surface area contributed by atoms with Crippen molar-refractivity contribution >= 4 is 5.82 Å². The van der Waals surface area contributed by atoms with Gasteiger partial charge in [-0.15, -0.1) is 0 Å². The van der Waals surface area contributed by atoms with Crippen LogP contribution in [-0.2, 0) is 6.54 Å². The third-order valence-electron chi connectivity index (χ3n) is 3.12. The zero-order valence-electron chi connectivity index (χ0n) is 9.47. The van der Waals surface area contributed by atoms with Crippen LogP contribution in [0.4, 0.5) is 5.82 Å². The molecule has 0 radical (unpaired) electrons. The van der Waals surface area contributed by atoms with Crippen molar-refractivity contribution in [2.75, 3.05) is 25.4 Å². The highest BCUT2D eigenvalue weighted by molar-refractivity contribution is 5.28. The van der Waals surface area contributed by atoms with E-state index in [1.165, 1.54) is 6.42 Å². The zero-order valence-corrected chi connectivity index (χ0v) is 9.47. The second-order valence-electron chi connectivity index (χ2n) is 4.46. The number of nitrogen functional groups attached to an aromatic ring is 1. The number of hydrogen-bond acceptors (Lipinski definition) is 4. The van der Waals surface area contributed by atoms with Gasteiger partial charge in [-0.25, -0.2) is 4.98 Å². The molecule has 3 N–H and O–H groups in total. The number of aromatic nitrogens is 1. The molecule has 0 spiro atoms. The van der Waals surface area contributed by atoms with Crippen LogP contribution in [0.15, 0.2) is 18.2 Å². The van der Waals surface area contributed by atoms with Crippen LogP contribution in [-0.4, -0.2) is 34.7 Å². The predicted octanol–water partition coefficient (Wildman–Crippen LogP) is 0.868. The summed E-state index contributed by atoms with van der Waals surface area (Å²) in [6.45, 7) is 3.33. The lowest BCUT2D eigenvalue weighted by molar-refractivity contribution is 0.249. The van der Waals surface area contributed by atoms with Gasteiger partial charge in [0.25, 0.3) is 0 Å². The van der Waals surface area contributed by atoms with Crippen LogP contribution < -0.4 is 5.73 Å². The Bertz CT molecular complexity index is 343. The van der Waals surface area contributed by atoms with Crippen LogP contribution in [0.5, 0.6) is 0 Å². The first-order chi connectivity index (χ1) is 7.78. The SMILES string of the molecule is Nc1cccc(CN2CCC(CCO)C2)n1. The molecule has 0 aliphatic carbocycles. The molecule has 4 nitrogen and oxygen atoms in total. The zero-order chi connectivity index (χ0) is 11.4. The number of hydrogen-bond donors (Lipinski definition) is 2. The molecule has 1 aromatic heterocycles. The average Bonchev–Trinajstić information content (AvgIpc) is 2.66. The molecule has 0 saturated carbocycles. The standard InChI is InChI=1S/C12H19N3O/c13-12-3-1-2-11(14-12)9-15-6-4-10(8-15)5-7-16/h1-3,10,16H,4-9H2,(H2,13,14).